The summed E-state index contributed by atoms with van der Waals surface area (Å²) in [6, 6.07) is 0. The Labute approximate surface area is 64.0 Å². The van der Waals surface area contributed by atoms with Crippen LogP contribution in [0.15, 0.2) is 0 Å². The van der Waals surface area contributed by atoms with Crippen molar-refractivity contribution in [1.82, 2.24) is 0 Å². The Morgan fingerprint density at radius 3 is 2.30 bits per heavy atom. The first-order chi connectivity index (χ1) is 4.54. The van der Waals surface area contributed by atoms with E-state index in [0.29, 0.717) is 5.75 Å². The fourth-order valence-electron chi connectivity index (χ4n) is 0.774. The van der Waals surface area contributed by atoms with Gasteiger partial charge >= 0.3 is 0 Å². The van der Waals surface area contributed by atoms with Crippen molar-refractivity contribution in [2.24, 2.45) is 0 Å². The molecule has 0 saturated carbocycles. The van der Waals surface area contributed by atoms with Gasteiger partial charge in [0.25, 0.3) is 0 Å². The lowest BCUT2D eigenvalue weighted by molar-refractivity contribution is 0.659. The molecule has 2 atom stereocenters. The molecule has 2 nitrogen and oxygen atoms in total. The summed E-state index contributed by atoms with van der Waals surface area (Å²) in [5.74, 6) is 0.558. The Morgan fingerprint density at radius 2 is 2.00 bits per heavy atom. The normalized spacial score (nSPS) is 19.9. The van der Waals surface area contributed by atoms with Crippen molar-refractivity contribution >= 4 is 9.73 Å². The second-order valence-electron chi connectivity index (χ2n) is 2.65. The van der Waals surface area contributed by atoms with E-state index in [1.807, 2.05) is 20.8 Å². The number of rotatable bonds is 4. The van der Waals surface area contributed by atoms with Gasteiger partial charge in [-0.05, 0) is 19.8 Å². The van der Waals surface area contributed by atoms with E-state index in [9.17, 15) is 4.21 Å². The highest BCUT2D eigenvalue weighted by atomic mass is 32.2. The zero-order valence-corrected chi connectivity index (χ0v) is 7.83. The lowest BCUT2D eigenvalue weighted by Crippen LogP contribution is -2.18. The first kappa shape index (κ1) is 9.95. The molecule has 0 fully saturated rings. The first-order valence-corrected chi connectivity index (χ1v) is 5.59. The molecule has 0 aromatic rings. The van der Waals surface area contributed by atoms with Gasteiger partial charge in [0.05, 0.1) is 0 Å². The average molecular weight is 163 g/mol. The molecule has 0 amide bonds. The van der Waals surface area contributed by atoms with Gasteiger partial charge in [-0.1, -0.05) is 13.8 Å². The van der Waals surface area contributed by atoms with Crippen molar-refractivity contribution in [3.8, 4) is 0 Å². The predicted molar refractivity (Wildman–Crippen MR) is 45.8 cm³/mol. The van der Waals surface area contributed by atoms with E-state index in [4.69, 9.17) is 4.78 Å². The maximum absolute atomic E-state index is 11.4. The lowest BCUT2D eigenvalue weighted by Gasteiger charge is -2.11. The molecular formula is C7H17NOS. The van der Waals surface area contributed by atoms with Crippen molar-refractivity contribution < 1.29 is 4.21 Å². The van der Waals surface area contributed by atoms with Gasteiger partial charge in [0.2, 0.25) is 0 Å². The molecule has 62 valence electrons. The summed E-state index contributed by atoms with van der Waals surface area (Å²) >= 11 is 0. The maximum Gasteiger partial charge on any atom is 0.0467 e. The molecule has 3 heteroatoms. The quantitative estimate of drug-likeness (QED) is 0.678. The van der Waals surface area contributed by atoms with E-state index in [2.05, 4.69) is 0 Å². The Balaban J connectivity index is 4.12. The maximum atomic E-state index is 11.4. The number of hydrogen-bond donors (Lipinski definition) is 1. The average Bonchev–Trinajstić information content (AvgIpc) is 1.86. The molecular weight excluding hydrogens is 146 g/mol. The van der Waals surface area contributed by atoms with Gasteiger partial charge in [0.15, 0.2) is 0 Å². The summed E-state index contributed by atoms with van der Waals surface area (Å²) in [4.78, 5) is 0. The van der Waals surface area contributed by atoms with E-state index < -0.39 is 9.73 Å². The molecule has 0 heterocycles. The molecule has 2 unspecified atom stereocenters. The van der Waals surface area contributed by atoms with Gasteiger partial charge < -0.3 is 0 Å². The molecule has 0 radical (unpaired) electrons. The van der Waals surface area contributed by atoms with Crippen LogP contribution in [0.1, 0.15) is 33.6 Å². The van der Waals surface area contributed by atoms with Crippen LogP contribution in [-0.4, -0.2) is 15.2 Å². The Bertz CT molecular complexity index is 172. The lowest BCUT2D eigenvalue weighted by atomic mass is 10.4. The molecule has 0 aliphatic rings. The van der Waals surface area contributed by atoms with Crippen molar-refractivity contribution in [1.29, 1.82) is 4.78 Å². The van der Waals surface area contributed by atoms with Gasteiger partial charge in [0.1, 0.15) is 0 Å². The fourth-order valence-corrected chi connectivity index (χ4v) is 2.32. The SMILES string of the molecule is CCCS(=N)(=O)C(C)CC. The molecule has 0 aromatic carbocycles. The molecule has 0 bridgehead atoms. The van der Waals surface area contributed by atoms with Crippen molar-refractivity contribution in [2.45, 2.75) is 38.9 Å². The molecule has 0 spiro atoms. The number of hydrogen-bond acceptors (Lipinski definition) is 2. The third kappa shape index (κ3) is 2.69. The molecule has 1 N–H and O–H groups in total. The van der Waals surface area contributed by atoms with Gasteiger partial charge in [-0.25, -0.2) is 4.21 Å². The van der Waals surface area contributed by atoms with Crippen molar-refractivity contribution in [2.75, 3.05) is 5.75 Å². The zero-order valence-electron chi connectivity index (χ0n) is 7.02. The zero-order chi connectivity index (χ0) is 8.20. The minimum atomic E-state index is -2.26. The highest BCUT2D eigenvalue weighted by Crippen LogP contribution is 2.07. The number of nitrogens with one attached hydrogen (secondary N) is 1. The monoisotopic (exact) mass is 163 g/mol. The summed E-state index contributed by atoms with van der Waals surface area (Å²) in [5.41, 5.74) is 0. The van der Waals surface area contributed by atoms with Gasteiger partial charge in [-0.15, -0.1) is 0 Å². The Hall–Kier alpha value is -0.0500. The molecule has 0 saturated heterocycles. The van der Waals surface area contributed by atoms with Gasteiger partial charge in [0, 0.05) is 20.7 Å². The van der Waals surface area contributed by atoms with Crippen molar-refractivity contribution in [3.05, 3.63) is 0 Å². The second kappa shape index (κ2) is 3.96. The van der Waals surface area contributed by atoms with Crippen molar-refractivity contribution in [3.63, 3.8) is 0 Å². The van der Waals surface area contributed by atoms with Crippen LogP contribution in [0.2, 0.25) is 0 Å². The van der Waals surface area contributed by atoms with E-state index in [1.165, 1.54) is 0 Å². The van der Waals surface area contributed by atoms with Crippen LogP contribution in [0.25, 0.3) is 0 Å². The smallest absolute Gasteiger partial charge is 0.0467 e. The van der Waals surface area contributed by atoms with Crippen LogP contribution in [0.5, 0.6) is 0 Å². The largest absolute Gasteiger partial charge is 0.253 e. The standard InChI is InChI=1S/C7H17NOS/c1-4-6-10(8,9)7(3)5-2/h7-8H,4-6H2,1-3H3. The predicted octanol–water partition coefficient (Wildman–Crippen LogP) is 2.24. The highest BCUT2D eigenvalue weighted by Gasteiger charge is 2.12. The minimum Gasteiger partial charge on any atom is -0.253 e. The molecule has 0 rings (SSSR count). The van der Waals surface area contributed by atoms with E-state index in [1.54, 1.807) is 0 Å². The van der Waals surface area contributed by atoms with Crippen LogP contribution in [0.3, 0.4) is 0 Å². The summed E-state index contributed by atoms with van der Waals surface area (Å²) in [5, 5.41) is 0.0625. The second-order valence-corrected chi connectivity index (χ2v) is 5.31. The molecule has 10 heavy (non-hydrogen) atoms. The van der Waals surface area contributed by atoms with Gasteiger partial charge in [-0.2, -0.15) is 0 Å². The van der Waals surface area contributed by atoms with E-state index >= 15 is 0 Å². The third-order valence-electron chi connectivity index (χ3n) is 1.73. The van der Waals surface area contributed by atoms with E-state index in [0.717, 1.165) is 12.8 Å². The highest BCUT2D eigenvalue weighted by molar-refractivity contribution is 7.92. The summed E-state index contributed by atoms with van der Waals surface area (Å²) in [6.07, 6.45) is 1.70. The molecule has 0 aliphatic carbocycles. The summed E-state index contributed by atoms with van der Waals surface area (Å²) in [6.45, 7) is 5.84. The third-order valence-corrected chi connectivity index (χ3v) is 4.38. The van der Waals surface area contributed by atoms with Crippen LogP contribution in [0, 0.1) is 4.78 Å². The van der Waals surface area contributed by atoms with Gasteiger partial charge in [-0.3, -0.25) is 4.78 Å². The van der Waals surface area contributed by atoms with Crippen LogP contribution >= 0.6 is 0 Å². The van der Waals surface area contributed by atoms with Crippen LogP contribution in [0.4, 0.5) is 0 Å². The summed E-state index contributed by atoms with van der Waals surface area (Å²) < 4.78 is 18.8. The molecule has 0 aliphatic heterocycles. The minimum absolute atomic E-state index is 0.0625. The summed E-state index contributed by atoms with van der Waals surface area (Å²) in [7, 11) is -2.26. The first-order valence-electron chi connectivity index (χ1n) is 3.79. The fraction of sp³-hybridized carbons (Fsp3) is 1.00. The molecule has 0 aromatic heterocycles. The topological polar surface area (TPSA) is 40.9 Å². The Morgan fingerprint density at radius 1 is 1.50 bits per heavy atom. The Kier molecular flexibility index (Phi) is 3.94. The van der Waals surface area contributed by atoms with Crippen LogP contribution in [-0.2, 0) is 9.73 Å². The van der Waals surface area contributed by atoms with E-state index in [-0.39, 0.29) is 5.25 Å². The van der Waals surface area contributed by atoms with Crippen LogP contribution < -0.4 is 0 Å².